The molecule has 1 aromatic carbocycles. The highest BCUT2D eigenvalue weighted by Gasteiger charge is 2.38. The Morgan fingerprint density at radius 1 is 1.21 bits per heavy atom. The maximum absolute atomic E-state index is 13.5. The van der Waals surface area contributed by atoms with Gasteiger partial charge in [-0.2, -0.15) is 0 Å². The van der Waals surface area contributed by atoms with Crippen LogP contribution in [-0.2, 0) is 14.3 Å². The van der Waals surface area contributed by atoms with Crippen molar-refractivity contribution in [3.8, 4) is 0 Å². The molecule has 0 bridgehead atoms. The van der Waals surface area contributed by atoms with Gasteiger partial charge in [-0.1, -0.05) is 32.1 Å². The van der Waals surface area contributed by atoms with E-state index in [-0.39, 0.29) is 31.0 Å². The SMILES string of the molecule is C=CCN1C(=O)NC(c2ccc(F)cc2)C(C(=O)OCC)=C1CN1CCN(C(=O)C(C)C)CC1. The smallest absolute Gasteiger partial charge is 0.338 e. The summed E-state index contributed by atoms with van der Waals surface area (Å²) in [6.45, 7) is 12.3. The fourth-order valence-electron chi connectivity index (χ4n) is 4.25. The van der Waals surface area contributed by atoms with Gasteiger partial charge in [0.2, 0.25) is 5.91 Å². The third kappa shape index (κ3) is 5.64. The van der Waals surface area contributed by atoms with E-state index in [1.54, 1.807) is 25.1 Å². The second kappa shape index (κ2) is 11.3. The average molecular weight is 473 g/mol. The molecule has 1 saturated heterocycles. The normalized spacial score (nSPS) is 19.3. The third-order valence-electron chi connectivity index (χ3n) is 6.00. The molecule has 1 aromatic rings. The van der Waals surface area contributed by atoms with E-state index in [4.69, 9.17) is 4.74 Å². The Bertz CT molecular complexity index is 952. The lowest BCUT2D eigenvalue weighted by molar-refractivity contribution is -0.139. The summed E-state index contributed by atoms with van der Waals surface area (Å²) in [6.07, 6.45) is 1.60. The second-order valence-electron chi connectivity index (χ2n) is 8.67. The highest BCUT2D eigenvalue weighted by atomic mass is 19.1. The van der Waals surface area contributed by atoms with Gasteiger partial charge in [-0.3, -0.25) is 14.6 Å². The Balaban J connectivity index is 1.97. The molecule has 2 aliphatic heterocycles. The van der Waals surface area contributed by atoms with Gasteiger partial charge in [0.15, 0.2) is 0 Å². The zero-order chi connectivity index (χ0) is 24.8. The molecule has 0 saturated carbocycles. The minimum Gasteiger partial charge on any atom is -0.463 e. The minimum atomic E-state index is -0.771. The van der Waals surface area contributed by atoms with Crippen LogP contribution < -0.4 is 5.32 Å². The zero-order valence-electron chi connectivity index (χ0n) is 20.1. The van der Waals surface area contributed by atoms with Crippen molar-refractivity contribution in [1.82, 2.24) is 20.0 Å². The topological polar surface area (TPSA) is 82.2 Å². The quantitative estimate of drug-likeness (QED) is 0.465. The van der Waals surface area contributed by atoms with Crippen LogP contribution in [0.2, 0.25) is 0 Å². The van der Waals surface area contributed by atoms with Gasteiger partial charge in [-0.25, -0.2) is 14.0 Å². The molecule has 3 rings (SSSR count). The summed E-state index contributed by atoms with van der Waals surface area (Å²) >= 11 is 0. The number of benzene rings is 1. The Morgan fingerprint density at radius 2 is 1.85 bits per heavy atom. The number of rotatable bonds is 8. The average Bonchev–Trinajstić information content (AvgIpc) is 2.81. The first-order valence-electron chi connectivity index (χ1n) is 11.6. The number of ether oxygens (including phenoxy) is 1. The number of carbonyl (C=O) groups excluding carboxylic acids is 3. The van der Waals surface area contributed by atoms with Crippen molar-refractivity contribution in [1.29, 1.82) is 0 Å². The number of urea groups is 1. The summed E-state index contributed by atoms with van der Waals surface area (Å²) in [6, 6.07) is 4.56. The van der Waals surface area contributed by atoms with Crippen LogP contribution in [0.5, 0.6) is 0 Å². The molecule has 34 heavy (non-hydrogen) atoms. The van der Waals surface area contributed by atoms with E-state index in [9.17, 15) is 18.8 Å². The van der Waals surface area contributed by atoms with E-state index in [1.807, 2.05) is 18.7 Å². The first-order valence-corrected chi connectivity index (χ1v) is 11.6. The van der Waals surface area contributed by atoms with E-state index in [2.05, 4.69) is 16.8 Å². The van der Waals surface area contributed by atoms with Crippen LogP contribution in [0.4, 0.5) is 9.18 Å². The van der Waals surface area contributed by atoms with Crippen molar-refractivity contribution in [3.63, 3.8) is 0 Å². The minimum absolute atomic E-state index is 0.0636. The van der Waals surface area contributed by atoms with E-state index in [1.165, 1.54) is 17.0 Å². The molecule has 1 unspecified atom stereocenters. The van der Waals surface area contributed by atoms with Crippen LogP contribution in [0.25, 0.3) is 0 Å². The van der Waals surface area contributed by atoms with Gasteiger partial charge in [0.25, 0.3) is 0 Å². The highest BCUT2D eigenvalue weighted by Crippen LogP contribution is 2.32. The van der Waals surface area contributed by atoms with E-state index in [0.29, 0.717) is 49.6 Å². The number of nitrogens with zero attached hydrogens (tertiary/aromatic N) is 3. The van der Waals surface area contributed by atoms with Gasteiger partial charge >= 0.3 is 12.0 Å². The predicted molar refractivity (Wildman–Crippen MR) is 126 cm³/mol. The zero-order valence-corrected chi connectivity index (χ0v) is 20.1. The summed E-state index contributed by atoms with van der Waals surface area (Å²) in [5.41, 5.74) is 1.43. The number of hydrogen-bond acceptors (Lipinski definition) is 5. The van der Waals surface area contributed by atoms with Crippen LogP contribution >= 0.6 is 0 Å². The first-order chi connectivity index (χ1) is 16.3. The van der Waals surface area contributed by atoms with Crippen molar-refractivity contribution in [2.24, 2.45) is 5.92 Å². The van der Waals surface area contributed by atoms with Crippen molar-refractivity contribution >= 4 is 17.9 Å². The summed E-state index contributed by atoms with van der Waals surface area (Å²) in [5.74, 6) is -0.886. The largest absolute Gasteiger partial charge is 0.463 e. The molecule has 2 heterocycles. The Kier molecular flexibility index (Phi) is 8.44. The number of carbonyl (C=O) groups is 3. The van der Waals surface area contributed by atoms with Gasteiger partial charge in [-0.15, -0.1) is 6.58 Å². The molecular weight excluding hydrogens is 439 g/mol. The lowest BCUT2D eigenvalue weighted by atomic mass is 9.94. The number of nitrogens with one attached hydrogen (secondary N) is 1. The van der Waals surface area contributed by atoms with Crippen molar-refractivity contribution in [2.45, 2.75) is 26.8 Å². The number of halogens is 1. The summed E-state index contributed by atoms with van der Waals surface area (Å²) < 4.78 is 18.9. The Hall–Kier alpha value is -3.20. The Morgan fingerprint density at radius 3 is 2.41 bits per heavy atom. The highest BCUT2D eigenvalue weighted by molar-refractivity contribution is 5.95. The fraction of sp³-hybridized carbons (Fsp3) is 0.480. The molecular formula is C25H33FN4O4. The van der Waals surface area contributed by atoms with Crippen LogP contribution in [-0.4, -0.2) is 78.5 Å². The summed E-state index contributed by atoms with van der Waals surface area (Å²) in [5, 5.41) is 2.86. The molecule has 9 heteroatoms. The van der Waals surface area contributed by atoms with Gasteiger partial charge in [0.05, 0.1) is 18.2 Å². The van der Waals surface area contributed by atoms with Crippen LogP contribution in [0, 0.1) is 11.7 Å². The molecule has 0 aliphatic carbocycles. The van der Waals surface area contributed by atoms with Crippen LogP contribution in [0.15, 0.2) is 48.2 Å². The summed E-state index contributed by atoms with van der Waals surface area (Å²) in [7, 11) is 0. The molecule has 184 valence electrons. The summed E-state index contributed by atoms with van der Waals surface area (Å²) in [4.78, 5) is 44.0. The van der Waals surface area contributed by atoms with Crippen LogP contribution in [0.1, 0.15) is 32.4 Å². The van der Waals surface area contributed by atoms with Gasteiger partial charge in [0, 0.05) is 50.9 Å². The molecule has 0 aromatic heterocycles. The monoisotopic (exact) mass is 472 g/mol. The number of amides is 3. The molecule has 1 atom stereocenters. The number of hydrogen-bond donors (Lipinski definition) is 1. The molecule has 0 radical (unpaired) electrons. The number of esters is 1. The van der Waals surface area contributed by atoms with Gasteiger partial charge in [-0.05, 0) is 24.6 Å². The molecule has 3 amide bonds. The second-order valence-corrected chi connectivity index (χ2v) is 8.67. The number of piperazine rings is 1. The molecule has 2 aliphatic rings. The molecule has 8 nitrogen and oxygen atoms in total. The third-order valence-corrected chi connectivity index (χ3v) is 6.00. The first kappa shape index (κ1) is 25.4. The van der Waals surface area contributed by atoms with Crippen molar-refractivity contribution < 1.29 is 23.5 Å². The fourth-order valence-corrected chi connectivity index (χ4v) is 4.25. The van der Waals surface area contributed by atoms with Gasteiger partial charge < -0.3 is 15.0 Å². The maximum Gasteiger partial charge on any atom is 0.338 e. The Labute approximate surface area is 200 Å². The lowest BCUT2D eigenvalue weighted by Crippen LogP contribution is -2.54. The van der Waals surface area contributed by atoms with E-state index in [0.717, 1.165) is 0 Å². The van der Waals surface area contributed by atoms with Crippen molar-refractivity contribution in [3.05, 3.63) is 59.6 Å². The van der Waals surface area contributed by atoms with Gasteiger partial charge in [0.1, 0.15) is 5.82 Å². The van der Waals surface area contributed by atoms with E-state index < -0.39 is 17.8 Å². The van der Waals surface area contributed by atoms with Crippen LogP contribution in [0.3, 0.4) is 0 Å². The molecule has 0 spiro atoms. The molecule has 1 fully saturated rings. The standard InChI is InChI=1S/C25H33FN4O4/c1-5-11-30-20(16-28-12-14-29(15-13-28)23(31)17(3)4)21(24(32)34-6-2)22(27-25(30)33)18-7-9-19(26)10-8-18/h5,7-10,17,22H,1,6,11-16H2,2-4H3,(H,27,33). The lowest BCUT2D eigenvalue weighted by Gasteiger charge is -2.40. The maximum atomic E-state index is 13.5. The van der Waals surface area contributed by atoms with Crippen molar-refractivity contribution in [2.75, 3.05) is 45.9 Å². The predicted octanol–water partition coefficient (Wildman–Crippen LogP) is 2.70. The molecule has 1 N–H and O–H groups in total. The van der Waals surface area contributed by atoms with E-state index >= 15 is 0 Å².